The minimum atomic E-state index is -0.753. The molecule has 0 saturated carbocycles. The molecule has 5 nitrogen and oxygen atoms in total. The molecule has 0 aliphatic carbocycles. The molecular weight excluding hydrogens is 232 g/mol. The Kier molecular flexibility index (Phi) is 2.51. The molecule has 3 heterocycles. The number of hydrogen-bond donors (Lipinski definition) is 0. The Bertz CT molecular complexity index is 591. The highest BCUT2D eigenvalue weighted by atomic mass is 16.7. The largest absolute Gasteiger partial charge is 0.342 e. The van der Waals surface area contributed by atoms with E-state index < -0.39 is 5.79 Å². The minimum Gasteiger partial charge on any atom is -0.342 e. The minimum absolute atomic E-state index is 0.220. The van der Waals surface area contributed by atoms with E-state index >= 15 is 0 Å². The molecule has 0 bridgehead atoms. The average molecular weight is 246 g/mol. The molecule has 1 fully saturated rings. The summed E-state index contributed by atoms with van der Waals surface area (Å²) >= 11 is 0. The van der Waals surface area contributed by atoms with Gasteiger partial charge in [-0.1, -0.05) is 6.92 Å². The molecule has 0 amide bonds. The van der Waals surface area contributed by atoms with Gasteiger partial charge in [0.1, 0.15) is 11.6 Å². The number of nitriles is 1. The summed E-state index contributed by atoms with van der Waals surface area (Å²) in [5.41, 5.74) is 1.56. The van der Waals surface area contributed by atoms with E-state index in [9.17, 15) is 4.79 Å². The second-order valence-corrected chi connectivity index (χ2v) is 4.55. The van der Waals surface area contributed by atoms with Crippen LogP contribution in [0.1, 0.15) is 30.2 Å². The number of ether oxygens (including phenoxy) is 2. The fourth-order valence-electron chi connectivity index (χ4n) is 2.77. The summed E-state index contributed by atoms with van der Waals surface area (Å²) in [6.07, 6.45) is 1.29. The lowest BCUT2D eigenvalue weighted by Crippen LogP contribution is -2.29. The van der Waals surface area contributed by atoms with Crippen molar-refractivity contribution in [2.45, 2.75) is 32.1 Å². The third kappa shape index (κ3) is 1.36. The lowest BCUT2D eigenvalue weighted by Gasteiger charge is -2.22. The Hall–Kier alpha value is -1.64. The molecule has 18 heavy (non-hydrogen) atoms. The van der Waals surface area contributed by atoms with Gasteiger partial charge in [-0.05, 0) is 18.1 Å². The van der Waals surface area contributed by atoms with Crippen LogP contribution in [-0.4, -0.2) is 17.8 Å². The topological polar surface area (TPSA) is 64.2 Å². The zero-order chi connectivity index (χ0) is 12.8. The summed E-state index contributed by atoms with van der Waals surface area (Å²) in [6, 6.07) is 3.90. The van der Waals surface area contributed by atoms with Gasteiger partial charge < -0.3 is 14.0 Å². The van der Waals surface area contributed by atoms with Crippen LogP contribution in [-0.2, 0) is 28.2 Å². The van der Waals surface area contributed by atoms with E-state index in [4.69, 9.17) is 14.7 Å². The van der Waals surface area contributed by atoms with Crippen LogP contribution in [0.2, 0.25) is 0 Å². The van der Waals surface area contributed by atoms with Gasteiger partial charge in [0, 0.05) is 13.0 Å². The molecule has 1 spiro atoms. The normalized spacial score (nSPS) is 20.0. The van der Waals surface area contributed by atoms with Crippen LogP contribution in [0.15, 0.2) is 10.9 Å². The van der Waals surface area contributed by atoms with Gasteiger partial charge in [0.2, 0.25) is 5.79 Å². The van der Waals surface area contributed by atoms with Gasteiger partial charge in [0.05, 0.1) is 18.9 Å². The molecule has 5 heteroatoms. The molecule has 1 saturated heterocycles. The Morgan fingerprint density at radius 2 is 2.22 bits per heavy atom. The van der Waals surface area contributed by atoms with Crippen LogP contribution >= 0.6 is 0 Å². The molecule has 0 atom stereocenters. The number of aryl methyl sites for hydroxylation is 1. The molecular formula is C13H14N2O3. The average Bonchev–Trinajstić information content (AvgIpc) is 2.99. The van der Waals surface area contributed by atoms with Gasteiger partial charge in [0.25, 0.3) is 5.56 Å². The third-order valence-corrected chi connectivity index (χ3v) is 3.68. The predicted octanol–water partition coefficient (Wildman–Crippen LogP) is 0.886. The maximum absolute atomic E-state index is 12.2. The van der Waals surface area contributed by atoms with Crippen molar-refractivity contribution in [3.05, 3.63) is 33.2 Å². The third-order valence-electron chi connectivity index (χ3n) is 3.68. The smallest absolute Gasteiger partial charge is 0.269 e. The zero-order valence-corrected chi connectivity index (χ0v) is 10.2. The van der Waals surface area contributed by atoms with E-state index in [2.05, 4.69) is 0 Å². The molecule has 2 aliphatic rings. The first-order valence-corrected chi connectivity index (χ1v) is 6.17. The number of nitrogens with zero attached hydrogens (tertiary/aromatic N) is 2. The van der Waals surface area contributed by atoms with Gasteiger partial charge in [0.15, 0.2) is 0 Å². The highest BCUT2D eigenvalue weighted by Crippen LogP contribution is 2.39. The quantitative estimate of drug-likeness (QED) is 0.738. The molecule has 0 radical (unpaired) electrons. The molecule has 2 aliphatic heterocycles. The first-order chi connectivity index (χ1) is 8.72. The number of fused-ring (bicyclic) bond motifs is 2. The maximum Gasteiger partial charge on any atom is 0.269 e. The fraction of sp³-hybridized carbons (Fsp3) is 0.538. The summed E-state index contributed by atoms with van der Waals surface area (Å²) in [6.45, 7) is 3.59. The van der Waals surface area contributed by atoms with Crippen LogP contribution in [0, 0.1) is 11.3 Å². The molecule has 0 N–H and O–H groups in total. The van der Waals surface area contributed by atoms with Gasteiger partial charge >= 0.3 is 0 Å². The van der Waals surface area contributed by atoms with Crippen LogP contribution in [0.4, 0.5) is 0 Å². The molecule has 94 valence electrons. The van der Waals surface area contributed by atoms with E-state index in [0.29, 0.717) is 32.6 Å². The van der Waals surface area contributed by atoms with E-state index in [-0.39, 0.29) is 11.1 Å². The van der Waals surface area contributed by atoms with E-state index in [0.717, 1.165) is 11.3 Å². The van der Waals surface area contributed by atoms with Crippen LogP contribution in [0.3, 0.4) is 0 Å². The number of rotatable bonds is 1. The zero-order valence-electron chi connectivity index (χ0n) is 10.2. The van der Waals surface area contributed by atoms with Crippen LogP contribution in [0.25, 0.3) is 0 Å². The molecule has 3 rings (SSSR count). The Morgan fingerprint density at radius 1 is 1.50 bits per heavy atom. The van der Waals surface area contributed by atoms with Crippen LogP contribution < -0.4 is 5.56 Å². The standard InChI is InChI=1S/C13H14N2O3/c1-2-9-7-11-13(17-5-6-18-13)3-4-15(11)12(16)10(9)8-14/h7H,2-6H2,1H3. The van der Waals surface area contributed by atoms with Crippen molar-refractivity contribution in [1.82, 2.24) is 4.57 Å². The van der Waals surface area contributed by atoms with E-state index in [1.54, 1.807) is 4.57 Å². The summed E-state index contributed by atoms with van der Waals surface area (Å²) in [4.78, 5) is 12.2. The fourth-order valence-corrected chi connectivity index (χ4v) is 2.77. The Morgan fingerprint density at radius 3 is 2.83 bits per heavy atom. The molecule has 0 unspecified atom stereocenters. The lowest BCUT2D eigenvalue weighted by atomic mass is 10.0. The highest BCUT2D eigenvalue weighted by Gasteiger charge is 2.45. The first kappa shape index (κ1) is 11.5. The summed E-state index contributed by atoms with van der Waals surface area (Å²) in [7, 11) is 0. The highest BCUT2D eigenvalue weighted by molar-refractivity contribution is 5.39. The van der Waals surface area contributed by atoms with Crippen molar-refractivity contribution in [2.75, 3.05) is 13.2 Å². The van der Waals surface area contributed by atoms with Gasteiger partial charge in [-0.15, -0.1) is 0 Å². The summed E-state index contributed by atoms with van der Waals surface area (Å²) < 4.78 is 13.0. The van der Waals surface area contributed by atoms with Gasteiger partial charge in [-0.2, -0.15) is 5.26 Å². The van der Waals surface area contributed by atoms with Crippen molar-refractivity contribution in [3.63, 3.8) is 0 Å². The van der Waals surface area contributed by atoms with Crippen LogP contribution in [0.5, 0.6) is 0 Å². The van der Waals surface area contributed by atoms with E-state index in [1.807, 2.05) is 19.1 Å². The monoisotopic (exact) mass is 246 g/mol. The summed E-state index contributed by atoms with van der Waals surface area (Å²) in [5, 5.41) is 9.09. The van der Waals surface area contributed by atoms with Gasteiger partial charge in [-0.25, -0.2) is 0 Å². The molecule has 1 aromatic rings. The predicted molar refractivity (Wildman–Crippen MR) is 63.0 cm³/mol. The van der Waals surface area contributed by atoms with Crippen molar-refractivity contribution in [3.8, 4) is 6.07 Å². The lowest BCUT2D eigenvalue weighted by molar-refractivity contribution is -0.163. The number of hydrogen-bond acceptors (Lipinski definition) is 4. The first-order valence-electron chi connectivity index (χ1n) is 6.17. The Balaban J connectivity index is 2.24. The molecule has 1 aromatic heterocycles. The van der Waals surface area contributed by atoms with E-state index in [1.165, 1.54) is 0 Å². The second kappa shape index (κ2) is 3.94. The van der Waals surface area contributed by atoms with Crippen molar-refractivity contribution in [2.24, 2.45) is 0 Å². The van der Waals surface area contributed by atoms with Crippen molar-refractivity contribution >= 4 is 0 Å². The number of pyridine rings is 1. The van der Waals surface area contributed by atoms with Crippen molar-refractivity contribution in [1.29, 1.82) is 5.26 Å². The SMILES string of the molecule is CCc1cc2n(c(=O)c1C#N)CCC21OCCO1. The summed E-state index contributed by atoms with van der Waals surface area (Å²) in [5.74, 6) is -0.753. The maximum atomic E-state index is 12.2. The number of aromatic nitrogens is 1. The molecule has 0 aromatic carbocycles. The Labute approximate surface area is 105 Å². The van der Waals surface area contributed by atoms with Crippen molar-refractivity contribution < 1.29 is 9.47 Å². The second-order valence-electron chi connectivity index (χ2n) is 4.55. The van der Waals surface area contributed by atoms with Gasteiger partial charge in [-0.3, -0.25) is 4.79 Å².